The molecule has 2 rings (SSSR count). The van der Waals surface area contributed by atoms with Gasteiger partial charge in [-0.15, -0.1) is 11.3 Å². The van der Waals surface area contributed by atoms with Crippen molar-refractivity contribution in [1.29, 1.82) is 0 Å². The summed E-state index contributed by atoms with van der Waals surface area (Å²) in [7, 11) is 0. The van der Waals surface area contributed by atoms with Gasteiger partial charge in [-0.3, -0.25) is 10.2 Å². The second-order valence-corrected chi connectivity index (χ2v) is 4.19. The third-order valence-corrected chi connectivity index (χ3v) is 3.04. The second-order valence-electron chi connectivity index (χ2n) is 3.21. The predicted octanol–water partition coefficient (Wildman–Crippen LogP) is 1.09. The topological polar surface area (TPSA) is 68.0 Å². The van der Waals surface area contributed by atoms with Gasteiger partial charge in [-0.25, -0.2) is 10.8 Å². The molecule has 1 fully saturated rings. The number of amides is 1. The first-order chi connectivity index (χ1) is 6.86. The Morgan fingerprint density at radius 2 is 2.43 bits per heavy atom. The number of nitrogens with two attached hydrogens (primary N) is 1. The van der Waals surface area contributed by atoms with E-state index in [1.807, 2.05) is 6.20 Å². The summed E-state index contributed by atoms with van der Waals surface area (Å²) >= 11 is 1.79. The first-order valence-electron chi connectivity index (χ1n) is 4.65. The third kappa shape index (κ3) is 3.85. The molecule has 0 atom stereocenters. The van der Waals surface area contributed by atoms with Crippen LogP contribution in [0.2, 0.25) is 0 Å². The number of thiazole rings is 1. The molecule has 1 amide bonds. The number of nitrogens with one attached hydrogen (secondary N) is 1. The molecule has 5 heteroatoms. The van der Waals surface area contributed by atoms with Gasteiger partial charge in [0.1, 0.15) is 0 Å². The van der Waals surface area contributed by atoms with Gasteiger partial charge in [-0.05, 0) is 5.92 Å². The fourth-order valence-corrected chi connectivity index (χ4v) is 2.03. The Kier molecular flexibility index (Phi) is 5.17. The Morgan fingerprint density at radius 3 is 2.79 bits per heavy atom. The molecule has 0 saturated heterocycles. The maximum absolute atomic E-state index is 8.94. The molecule has 1 saturated carbocycles. The van der Waals surface area contributed by atoms with Gasteiger partial charge in [0.05, 0.1) is 5.01 Å². The predicted molar refractivity (Wildman–Crippen MR) is 56.5 cm³/mol. The van der Waals surface area contributed by atoms with Crippen molar-refractivity contribution in [2.24, 2.45) is 11.8 Å². The number of nitrogens with zero attached hydrogens (tertiary/aromatic N) is 1. The molecule has 1 aliphatic rings. The van der Waals surface area contributed by atoms with E-state index in [0.29, 0.717) is 6.41 Å². The van der Waals surface area contributed by atoms with Gasteiger partial charge in [0.2, 0.25) is 6.41 Å². The van der Waals surface area contributed by atoms with Gasteiger partial charge in [0, 0.05) is 18.0 Å². The number of hydrazine groups is 1. The largest absolute Gasteiger partial charge is 0.297 e. The van der Waals surface area contributed by atoms with Crippen LogP contribution in [-0.4, -0.2) is 11.4 Å². The molecule has 0 spiro atoms. The molecule has 0 bridgehead atoms. The van der Waals surface area contributed by atoms with E-state index in [1.165, 1.54) is 30.7 Å². The Labute approximate surface area is 87.5 Å². The molecule has 1 heterocycles. The Bertz CT molecular complexity index is 247. The number of aromatic nitrogens is 1. The Hall–Kier alpha value is -0.940. The van der Waals surface area contributed by atoms with Crippen molar-refractivity contribution in [3.63, 3.8) is 0 Å². The average molecular weight is 213 g/mol. The molecular weight excluding hydrogens is 198 g/mol. The van der Waals surface area contributed by atoms with Crippen LogP contribution >= 0.6 is 11.3 Å². The zero-order valence-electron chi connectivity index (χ0n) is 7.98. The number of hydrogen-bond acceptors (Lipinski definition) is 4. The third-order valence-electron chi connectivity index (χ3n) is 2.24. The van der Waals surface area contributed by atoms with E-state index in [0.717, 1.165) is 5.92 Å². The standard InChI is InChI=1S/C8H11NS.CH4N2O/c1-2-7(3-1)6-8-9-4-5-10-8;2-3-1-4/h4-5,7H,1-3,6H2;1H,2H2,(H,3,4). The molecule has 1 aromatic heterocycles. The summed E-state index contributed by atoms with van der Waals surface area (Å²) in [5.74, 6) is 5.37. The molecule has 78 valence electrons. The van der Waals surface area contributed by atoms with Crippen LogP contribution in [0.25, 0.3) is 0 Å². The summed E-state index contributed by atoms with van der Waals surface area (Å²) in [5, 5.41) is 3.39. The molecule has 0 aromatic carbocycles. The molecule has 3 N–H and O–H groups in total. The lowest BCUT2D eigenvalue weighted by Gasteiger charge is -2.23. The van der Waals surface area contributed by atoms with Crippen LogP contribution in [0.5, 0.6) is 0 Å². The van der Waals surface area contributed by atoms with Gasteiger partial charge in [0.15, 0.2) is 0 Å². The number of carbonyl (C=O) groups is 1. The minimum Gasteiger partial charge on any atom is -0.297 e. The van der Waals surface area contributed by atoms with Gasteiger partial charge < -0.3 is 0 Å². The quantitative estimate of drug-likeness (QED) is 0.342. The molecule has 0 unspecified atom stereocenters. The van der Waals surface area contributed by atoms with E-state index in [2.05, 4.69) is 16.2 Å². The van der Waals surface area contributed by atoms with E-state index in [-0.39, 0.29) is 0 Å². The number of carbonyl (C=O) groups excluding carboxylic acids is 1. The maximum Gasteiger partial charge on any atom is 0.221 e. The highest BCUT2D eigenvalue weighted by molar-refractivity contribution is 7.09. The maximum atomic E-state index is 8.94. The van der Waals surface area contributed by atoms with Crippen LogP contribution in [0.15, 0.2) is 11.6 Å². The van der Waals surface area contributed by atoms with E-state index in [1.54, 1.807) is 16.8 Å². The minimum absolute atomic E-state index is 0.403. The van der Waals surface area contributed by atoms with Crippen molar-refractivity contribution in [3.05, 3.63) is 16.6 Å². The van der Waals surface area contributed by atoms with Crippen LogP contribution in [0.1, 0.15) is 24.3 Å². The fraction of sp³-hybridized carbons (Fsp3) is 0.556. The zero-order chi connectivity index (χ0) is 10.2. The summed E-state index contributed by atoms with van der Waals surface area (Å²) in [5.41, 5.74) is 1.75. The Morgan fingerprint density at radius 1 is 1.71 bits per heavy atom. The van der Waals surface area contributed by atoms with Gasteiger partial charge in [-0.2, -0.15) is 0 Å². The monoisotopic (exact) mass is 213 g/mol. The highest BCUT2D eigenvalue weighted by atomic mass is 32.1. The number of rotatable bonds is 3. The van der Waals surface area contributed by atoms with Gasteiger partial charge in [0.25, 0.3) is 0 Å². The van der Waals surface area contributed by atoms with Crippen molar-refractivity contribution < 1.29 is 4.79 Å². The fourth-order valence-electron chi connectivity index (χ4n) is 1.30. The average Bonchev–Trinajstić information content (AvgIpc) is 2.64. The number of hydrogen-bond donors (Lipinski definition) is 2. The normalized spacial score (nSPS) is 14.9. The van der Waals surface area contributed by atoms with Crippen molar-refractivity contribution in [1.82, 2.24) is 10.4 Å². The van der Waals surface area contributed by atoms with Crippen LogP contribution in [0.3, 0.4) is 0 Å². The lowest BCUT2D eigenvalue weighted by atomic mass is 9.83. The lowest BCUT2D eigenvalue weighted by Crippen LogP contribution is -2.18. The van der Waals surface area contributed by atoms with Crippen LogP contribution in [0, 0.1) is 5.92 Å². The molecule has 0 radical (unpaired) electrons. The first-order valence-corrected chi connectivity index (χ1v) is 5.53. The van der Waals surface area contributed by atoms with Crippen molar-refractivity contribution in [2.45, 2.75) is 25.7 Å². The summed E-state index contributed by atoms with van der Waals surface area (Å²) in [6.45, 7) is 0. The summed E-state index contributed by atoms with van der Waals surface area (Å²) in [4.78, 5) is 13.2. The molecule has 0 aliphatic heterocycles. The highest BCUT2D eigenvalue weighted by Gasteiger charge is 2.18. The van der Waals surface area contributed by atoms with Crippen LogP contribution in [-0.2, 0) is 11.2 Å². The second kappa shape index (κ2) is 6.50. The van der Waals surface area contributed by atoms with Crippen molar-refractivity contribution in [2.75, 3.05) is 0 Å². The van der Waals surface area contributed by atoms with E-state index in [4.69, 9.17) is 4.79 Å². The van der Waals surface area contributed by atoms with Crippen molar-refractivity contribution in [3.8, 4) is 0 Å². The smallest absolute Gasteiger partial charge is 0.221 e. The lowest BCUT2D eigenvalue weighted by molar-refractivity contribution is -0.109. The Balaban J connectivity index is 0.000000213. The van der Waals surface area contributed by atoms with Gasteiger partial charge in [-0.1, -0.05) is 19.3 Å². The molecular formula is C9H15N3OS. The van der Waals surface area contributed by atoms with E-state index in [9.17, 15) is 0 Å². The molecule has 1 aromatic rings. The van der Waals surface area contributed by atoms with Crippen molar-refractivity contribution >= 4 is 17.7 Å². The van der Waals surface area contributed by atoms with Crippen LogP contribution < -0.4 is 11.3 Å². The molecule has 1 aliphatic carbocycles. The molecule has 4 nitrogen and oxygen atoms in total. The SMILES string of the molecule is NNC=O.c1csc(CC2CCC2)n1. The van der Waals surface area contributed by atoms with E-state index < -0.39 is 0 Å². The van der Waals surface area contributed by atoms with E-state index >= 15 is 0 Å². The van der Waals surface area contributed by atoms with Gasteiger partial charge >= 0.3 is 0 Å². The highest BCUT2D eigenvalue weighted by Crippen LogP contribution is 2.29. The summed E-state index contributed by atoms with van der Waals surface area (Å²) in [6, 6.07) is 0. The minimum atomic E-state index is 0.403. The first kappa shape index (κ1) is 11.1. The van der Waals surface area contributed by atoms with Crippen LogP contribution in [0.4, 0.5) is 0 Å². The molecule has 14 heavy (non-hydrogen) atoms. The summed E-state index contributed by atoms with van der Waals surface area (Å²) < 4.78 is 0. The zero-order valence-corrected chi connectivity index (χ0v) is 8.80. The summed E-state index contributed by atoms with van der Waals surface area (Å²) in [6.07, 6.45) is 7.84.